The zero-order valence-corrected chi connectivity index (χ0v) is 14.8. The van der Waals surface area contributed by atoms with Crippen LogP contribution in [0.15, 0.2) is 42.6 Å². The smallest absolute Gasteiger partial charge is 0.231 e. The van der Waals surface area contributed by atoms with Gasteiger partial charge in [-0.1, -0.05) is 6.07 Å². The van der Waals surface area contributed by atoms with Crippen LogP contribution in [0, 0.1) is 0 Å². The Bertz CT molecular complexity index is 913. The van der Waals surface area contributed by atoms with Crippen molar-refractivity contribution in [1.29, 1.82) is 0 Å². The maximum absolute atomic E-state index is 5.60. The molecule has 0 radical (unpaired) electrons. The van der Waals surface area contributed by atoms with Crippen LogP contribution in [0.5, 0.6) is 23.0 Å². The van der Waals surface area contributed by atoms with Crippen LogP contribution in [0.3, 0.4) is 0 Å². The minimum Gasteiger partial charge on any atom is -0.493 e. The van der Waals surface area contributed by atoms with Crippen molar-refractivity contribution in [2.24, 2.45) is 0 Å². The molecule has 0 bridgehead atoms. The van der Waals surface area contributed by atoms with Crippen molar-refractivity contribution in [2.45, 2.75) is 6.42 Å². The molecule has 1 aliphatic rings. The molecule has 0 unspecified atom stereocenters. The van der Waals surface area contributed by atoms with Crippen molar-refractivity contribution in [3.05, 3.63) is 53.9 Å². The Labute approximate surface area is 151 Å². The molecule has 0 saturated carbocycles. The van der Waals surface area contributed by atoms with Gasteiger partial charge in [-0.25, -0.2) is 0 Å². The van der Waals surface area contributed by atoms with E-state index >= 15 is 0 Å². The van der Waals surface area contributed by atoms with E-state index in [1.807, 2.05) is 36.4 Å². The number of fused-ring (bicyclic) bond motifs is 3. The molecule has 0 spiro atoms. The summed E-state index contributed by atoms with van der Waals surface area (Å²) in [5.41, 5.74) is 2.09. The van der Waals surface area contributed by atoms with Crippen LogP contribution >= 0.6 is 12.4 Å². The zero-order chi connectivity index (χ0) is 16.5. The highest BCUT2D eigenvalue weighted by molar-refractivity contribution is 5.92. The normalized spacial score (nSPS) is 11.9. The Morgan fingerprint density at radius 2 is 1.80 bits per heavy atom. The summed E-state index contributed by atoms with van der Waals surface area (Å²) in [6, 6.07) is 11.8. The predicted molar refractivity (Wildman–Crippen MR) is 97.5 cm³/mol. The molecule has 25 heavy (non-hydrogen) atoms. The summed E-state index contributed by atoms with van der Waals surface area (Å²) in [4.78, 5) is 4.56. The number of halogens is 1. The van der Waals surface area contributed by atoms with Gasteiger partial charge in [0.25, 0.3) is 0 Å². The molecule has 0 fully saturated rings. The number of nitrogens with zero attached hydrogens (tertiary/aromatic N) is 1. The lowest BCUT2D eigenvalue weighted by molar-refractivity contribution is 0.175. The lowest BCUT2D eigenvalue weighted by atomic mass is 10.0. The van der Waals surface area contributed by atoms with E-state index in [2.05, 4.69) is 4.98 Å². The van der Waals surface area contributed by atoms with E-state index < -0.39 is 0 Å². The molecule has 0 saturated heterocycles. The zero-order valence-electron chi connectivity index (χ0n) is 13.9. The fourth-order valence-corrected chi connectivity index (χ4v) is 3.01. The fourth-order valence-electron chi connectivity index (χ4n) is 3.01. The van der Waals surface area contributed by atoms with Gasteiger partial charge in [0, 0.05) is 23.4 Å². The molecular weight excluding hydrogens is 342 g/mol. The van der Waals surface area contributed by atoms with Crippen LogP contribution < -0.4 is 18.9 Å². The number of methoxy groups -OCH3 is 2. The maximum Gasteiger partial charge on any atom is 0.231 e. The third-order valence-electron chi connectivity index (χ3n) is 4.18. The van der Waals surface area contributed by atoms with Crippen molar-refractivity contribution in [3.8, 4) is 23.0 Å². The van der Waals surface area contributed by atoms with E-state index in [4.69, 9.17) is 18.9 Å². The molecule has 6 heteroatoms. The van der Waals surface area contributed by atoms with E-state index in [1.165, 1.54) is 0 Å². The first-order chi connectivity index (χ1) is 11.8. The van der Waals surface area contributed by atoms with Gasteiger partial charge in [-0.2, -0.15) is 0 Å². The SMILES string of the molecule is COc1ccc(Cc2nccc3c4c(ccc23)OCO4)cc1OC.Cl. The van der Waals surface area contributed by atoms with Crippen molar-refractivity contribution in [3.63, 3.8) is 0 Å². The van der Waals surface area contributed by atoms with Gasteiger partial charge >= 0.3 is 0 Å². The molecule has 3 aromatic rings. The molecule has 2 heterocycles. The predicted octanol–water partition coefficient (Wildman–Crippen LogP) is 3.99. The first kappa shape index (κ1) is 17.2. The Hall–Kier alpha value is -2.66. The van der Waals surface area contributed by atoms with Crippen molar-refractivity contribution in [2.75, 3.05) is 21.0 Å². The van der Waals surface area contributed by atoms with Crippen molar-refractivity contribution in [1.82, 2.24) is 4.98 Å². The largest absolute Gasteiger partial charge is 0.493 e. The van der Waals surface area contributed by atoms with E-state index in [0.717, 1.165) is 39.3 Å². The standard InChI is InChI=1S/C19H17NO4.ClH/c1-21-16-5-3-12(10-18(16)22-2)9-15-13-4-6-17-19(24-11-23-17)14(13)7-8-20-15;/h3-8,10H,9,11H2,1-2H3;1H. The summed E-state index contributed by atoms with van der Waals surface area (Å²) in [5, 5.41) is 2.09. The van der Waals surface area contributed by atoms with E-state index in [-0.39, 0.29) is 19.2 Å². The number of rotatable bonds is 4. The number of hydrogen-bond acceptors (Lipinski definition) is 5. The minimum atomic E-state index is 0. The molecule has 4 rings (SSSR count). The first-order valence-electron chi connectivity index (χ1n) is 7.67. The van der Waals surface area contributed by atoms with E-state index in [0.29, 0.717) is 12.2 Å². The molecule has 1 aromatic heterocycles. The second-order valence-electron chi connectivity index (χ2n) is 5.52. The number of hydrogen-bond donors (Lipinski definition) is 0. The van der Waals surface area contributed by atoms with Gasteiger partial charge < -0.3 is 18.9 Å². The van der Waals surface area contributed by atoms with Gasteiger partial charge in [-0.05, 0) is 35.9 Å². The third kappa shape index (κ3) is 3.03. The molecular formula is C19H18ClNO4. The van der Waals surface area contributed by atoms with Gasteiger partial charge in [-0.15, -0.1) is 12.4 Å². The van der Waals surface area contributed by atoms with E-state index in [9.17, 15) is 0 Å². The Balaban J connectivity index is 0.00000182. The Kier molecular flexibility index (Phi) is 4.86. The van der Waals surface area contributed by atoms with E-state index in [1.54, 1.807) is 20.4 Å². The molecule has 2 aromatic carbocycles. The van der Waals surface area contributed by atoms with Gasteiger partial charge in [0.2, 0.25) is 6.79 Å². The summed E-state index contributed by atoms with van der Waals surface area (Å²) in [6.07, 6.45) is 2.50. The van der Waals surface area contributed by atoms with Crippen LogP contribution in [0.4, 0.5) is 0 Å². The third-order valence-corrected chi connectivity index (χ3v) is 4.18. The molecule has 5 nitrogen and oxygen atoms in total. The highest BCUT2D eigenvalue weighted by atomic mass is 35.5. The molecule has 0 amide bonds. The second-order valence-corrected chi connectivity index (χ2v) is 5.52. The number of pyridine rings is 1. The quantitative estimate of drug-likeness (QED) is 0.705. The fraction of sp³-hybridized carbons (Fsp3) is 0.211. The minimum absolute atomic E-state index is 0. The van der Waals surface area contributed by atoms with Gasteiger partial charge in [0.15, 0.2) is 23.0 Å². The van der Waals surface area contributed by atoms with Gasteiger partial charge in [0.05, 0.1) is 19.9 Å². The van der Waals surface area contributed by atoms with Crippen molar-refractivity contribution >= 4 is 23.2 Å². The van der Waals surface area contributed by atoms with Crippen LogP contribution in [-0.2, 0) is 6.42 Å². The molecule has 0 atom stereocenters. The number of ether oxygens (including phenoxy) is 4. The summed E-state index contributed by atoms with van der Waals surface area (Å²) < 4.78 is 21.7. The molecule has 0 N–H and O–H groups in total. The summed E-state index contributed by atoms with van der Waals surface area (Å²) >= 11 is 0. The molecule has 130 valence electrons. The van der Waals surface area contributed by atoms with Crippen molar-refractivity contribution < 1.29 is 18.9 Å². The number of aromatic nitrogens is 1. The highest BCUT2D eigenvalue weighted by Crippen LogP contribution is 2.40. The summed E-state index contributed by atoms with van der Waals surface area (Å²) in [6.45, 7) is 0.266. The second kappa shape index (κ2) is 7.07. The van der Waals surface area contributed by atoms with Gasteiger partial charge in [0.1, 0.15) is 0 Å². The lowest BCUT2D eigenvalue weighted by Gasteiger charge is -2.11. The summed E-state index contributed by atoms with van der Waals surface area (Å²) in [5.74, 6) is 3.01. The molecule has 0 aliphatic carbocycles. The first-order valence-corrected chi connectivity index (χ1v) is 7.67. The lowest BCUT2D eigenvalue weighted by Crippen LogP contribution is -1.97. The van der Waals surface area contributed by atoms with Crippen LogP contribution in [0.25, 0.3) is 10.8 Å². The average molecular weight is 360 g/mol. The average Bonchev–Trinajstić information content (AvgIpc) is 3.11. The molecule has 1 aliphatic heterocycles. The van der Waals surface area contributed by atoms with Gasteiger partial charge in [-0.3, -0.25) is 4.98 Å². The topological polar surface area (TPSA) is 49.8 Å². The maximum atomic E-state index is 5.60. The highest BCUT2D eigenvalue weighted by Gasteiger charge is 2.18. The monoisotopic (exact) mass is 359 g/mol. The number of benzene rings is 2. The van der Waals surface area contributed by atoms with Crippen LogP contribution in [0.2, 0.25) is 0 Å². The van der Waals surface area contributed by atoms with Crippen LogP contribution in [-0.4, -0.2) is 26.0 Å². The summed E-state index contributed by atoms with van der Waals surface area (Å²) in [7, 11) is 3.27. The Morgan fingerprint density at radius 1 is 0.960 bits per heavy atom. The Morgan fingerprint density at radius 3 is 2.60 bits per heavy atom. The van der Waals surface area contributed by atoms with Crippen LogP contribution in [0.1, 0.15) is 11.3 Å².